The van der Waals surface area contributed by atoms with E-state index in [1.54, 1.807) is 17.5 Å². The highest BCUT2D eigenvalue weighted by Crippen LogP contribution is 2.47. The zero-order valence-electron chi connectivity index (χ0n) is 14.1. The van der Waals surface area contributed by atoms with Crippen molar-refractivity contribution in [3.8, 4) is 0 Å². The summed E-state index contributed by atoms with van der Waals surface area (Å²) < 4.78 is 28.2. The lowest BCUT2D eigenvalue weighted by molar-refractivity contribution is -0.117. The van der Waals surface area contributed by atoms with Crippen molar-refractivity contribution in [1.82, 2.24) is 4.98 Å². The Morgan fingerprint density at radius 2 is 1.85 bits per heavy atom. The van der Waals surface area contributed by atoms with Crippen molar-refractivity contribution in [2.24, 2.45) is 5.92 Å². The van der Waals surface area contributed by atoms with E-state index in [0.717, 1.165) is 17.8 Å². The van der Waals surface area contributed by atoms with Gasteiger partial charge in [0.15, 0.2) is 0 Å². The number of anilines is 1. The molecule has 4 rings (SSSR count). The first-order valence-electron chi connectivity index (χ1n) is 8.36. The number of sulfonamides is 1. The quantitative estimate of drug-likeness (QED) is 0.671. The van der Waals surface area contributed by atoms with Crippen molar-refractivity contribution in [2.75, 3.05) is 5.32 Å². The minimum Gasteiger partial charge on any atom is -0.433 e. The Labute approximate surface area is 161 Å². The molecule has 1 saturated carbocycles. The molecule has 6 nitrogen and oxygen atoms in total. The largest absolute Gasteiger partial charge is 0.433 e. The summed E-state index contributed by atoms with van der Waals surface area (Å²) in [5.41, 5.74) is 1.73. The molecule has 1 aliphatic rings. The van der Waals surface area contributed by atoms with E-state index in [2.05, 4.69) is 15.0 Å². The summed E-state index contributed by atoms with van der Waals surface area (Å²) in [5, 5.41) is 4.70. The Kier molecular flexibility index (Phi) is 4.67. The second-order valence-electron chi connectivity index (χ2n) is 6.25. The summed E-state index contributed by atoms with van der Waals surface area (Å²) in [5.74, 6) is 0.158. The van der Waals surface area contributed by atoms with Crippen LogP contribution in [0, 0.1) is 5.92 Å². The smallest absolute Gasteiger partial charge is 0.228 e. The molecule has 0 saturated heterocycles. The van der Waals surface area contributed by atoms with Gasteiger partial charge in [-0.1, -0.05) is 36.5 Å². The van der Waals surface area contributed by atoms with Gasteiger partial charge in [0.05, 0.1) is 4.90 Å². The first-order valence-corrected chi connectivity index (χ1v) is 10.7. The average molecular weight is 398 g/mol. The van der Waals surface area contributed by atoms with Crippen LogP contribution in [0.25, 0.3) is 4.72 Å². The number of nitrogens with one attached hydrogen (secondary N) is 1. The van der Waals surface area contributed by atoms with E-state index < -0.39 is 10.0 Å². The third-order valence-corrected chi connectivity index (χ3v) is 6.45. The second kappa shape index (κ2) is 7.13. The highest BCUT2D eigenvalue weighted by atomic mass is 32.2. The molecule has 27 heavy (non-hydrogen) atoms. The summed E-state index contributed by atoms with van der Waals surface area (Å²) >= 11 is 1.15. The number of carbonyl (C=O) groups is 1. The van der Waals surface area contributed by atoms with E-state index in [0.29, 0.717) is 5.69 Å². The standard InChI is InChI=1S/C19H17N3O3S2/c23-18(17-12-16(17)13-4-2-1-3-5-13)21-14-6-8-15(9-7-14)27(24,25)22-19-20-10-11-26-19/h1-11,16-17H,12H2,(H2,20,21,22,23)/p-1. The number of aromatic nitrogens is 1. The molecule has 0 spiro atoms. The van der Waals surface area contributed by atoms with Crippen molar-refractivity contribution in [2.45, 2.75) is 17.2 Å². The molecule has 2 atom stereocenters. The van der Waals surface area contributed by atoms with Gasteiger partial charge in [0.2, 0.25) is 15.9 Å². The number of hydrogen-bond acceptors (Lipinski definition) is 5. The minimum atomic E-state index is -3.82. The summed E-state index contributed by atoms with van der Waals surface area (Å²) in [6, 6.07) is 16.0. The van der Waals surface area contributed by atoms with Gasteiger partial charge in [-0.15, -0.1) is 0 Å². The fourth-order valence-corrected chi connectivity index (χ4v) is 4.58. The van der Waals surface area contributed by atoms with Gasteiger partial charge in [-0.2, -0.15) is 11.3 Å². The molecule has 8 heteroatoms. The molecular weight excluding hydrogens is 382 g/mol. The van der Waals surface area contributed by atoms with E-state index in [-0.39, 0.29) is 27.8 Å². The highest BCUT2D eigenvalue weighted by Gasteiger charge is 2.43. The SMILES string of the molecule is O=C(Nc1ccc(S(=O)(=O)[N-]c2nccs2)cc1)C1CC1c1ccccc1. The maximum Gasteiger partial charge on any atom is 0.228 e. The molecule has 1 aliphatic carbocycles. The number of benzene rings is 2. The molecule has 0 bridgehead atoms. The monoisotopic (exact) mass is 398 g/mol. The molecule has 3 aromatic rings. The number of rotatable bonds is 6. The molecule has 0 radical (unpaired) electrons. The van der Waals surface area contributed by atoms with E-state index in [1.807, 2.05) is 30.3 Å². The summed E-state index contributed by atoms with van der Waals surface area (Å²) in [6.07, 6.45) is 2.33. The number of nitrogens with zero attached hydrogens (tertiary/aromatic N) is 2. The van der Waals surface area contributed by atoms with Crippen LogP contribution in [0.5, 0.6) is 0 Å². The maximum absolute atomic E-state index is 12.4. The van der Waals surface area contributed by atoms with Crippen molar-refractivity contribution in [3.63, 3.8) is 0 Å². The zero-order chi connectivity index (χ0) is 18.9. The summed E-state index contributed by atoms with van der Waals surface area (Å²) in [7, 11) is -3.82. The van der Waals surface area contributed by atoms with Crippen LogP contribution in [-0.2, 0) is 14.8 Å². The summed E-state index contributed by atoms with van der Waals surface area (Å²) in [6.45, 7) is 0. The predicted octanol–water partition coefficient (Wildman–Crippen LogP) is 4.28. The van der Waals surface area contributed by atoms with Crippen LogP contribution >= 0.6 is 11.3 Å². The maximum atomic E-state index is 12.4. The van der Waals surface area contributed by atoms with Gasteiger partial charge >= 0.3 is 0 Å². The molecule has 1 aromatic heterocycles. The van der Waals surface area contributed by atoms with Gasteiger partial charge in [-0.05, 0) is 47.5 Å². The minimum absolute atomic E-state index is 0.0456. The van der Waals surface area contributed by atoms with Crippen molar-refractivity contribution < 1.29 is 13.2 Å². The number of amides is 1. The molecule has 1 fully saturated rings. The predicted molar refractivity (Wildman–Crippen MR) is 105 cm³/mol. The van der Waals surface area contributed by atoms with E-state index in [1.165, 1.54) is 23.9 Å². The molecule has 1 N–H and O–H groups in total. The Hall–Kier alpha value is -2.71. The third kappa shape index (κ3) is 4.01. The molecule has 1 heterocycles. The fourth-order valence-electron chi connectivity index (χ4n) is 2.92. The molecular formula is C19H16N3O3S2-. The van der Waals surface area contributed by atoms with Gasteiger partial charge in [0.1, 0.15) is 0 Å². The van der Waals surface area contributed by atoms with E-state index in [4.69, 9.17) is 0 Å². The van der Waals surface area contributed by atoms with Crippen molar-refractivity contribution >= 4 is 38.1 Å². The van der Waals surface area contributed by atoms with Crippen LogP contribution in [0.15, 0.2) is 71.1 Å². The van der Waals surface area contributed by atoms with Crippen molar-refractivity contribution in [3.05, 3.63) is 76.5 Å². The number of carbonyl (C=O) groups excluding carboxylic acids is 1. The Bertz CT molecular complexity index is 1030. The Morgan fingerprint density at radius 3 is 2.52 bits per heavy atom. The lowest BCUT2D eigenvalue weighted by Gasteiger charge is -2.12. The van der Waals surface area contributed by atoms with Crippen LogP contribution in [0.2, 0.25) is 0 Å². The van der Waals surface area contributed by atoms with Gasteiger partial charge in [0, 0.05) is 16.7 Å². The van der Waals surface area contributed by atoms with E-state index in [9.17, 15) is 13.2 Å². The number of thiazole rings is 1. The molecule has 0 aliphatic heterocycles. The Balaban J connectivity index is 1.39. The van der Waals surface area contributed by atoms with Crippen molar-refractivity contribution in [1.29, 1.82) is 0 Å². The molecule has 138 valence electrons. The van der Waals surface area contributed by atoms with Crippen LogP contribution in [-0.4, -0.2) is 19.3 Å². The zero-order valence-corrected chi connectivity index (χ0v) is 15.8. The first-order chi connectivity index (χ1) is 13.0. The lowest BCUT2D eigenvalue weighted by Crippen LogP contribution is -2.14. The lowest BCUT2D eigenvalue weighted by atomic mass is 10.1. The topological polar surface area (TPSA) is 90.2 Å². The van der Waals surface area contributed by atoms with Gasteiger partial charge < -0.3 is 15.0 Å². The van der Waals surface area contributed by atoms with Crippen LogP contribution in [0.4, 0.5) is 10.8 Å². The fraction of sp³-hybridized carbons (Fsp3) is 0.158. The third-order valence-electron chi connectivity index (χ3n) is 4.39. The van der Waals surface area contributed by atoms with Crippen LogP contribution < -0.4 is 5.32 Å². The molecule has 2 unspecified atom stereocenters. The normalized spacial score (nSPS) is 18.7. The Morgan fingerprint density at radius 1 is 1.11 bits per heavy atom. The van der Waals surface area contributed by atoms with Gasteiger partial charge in [0.25, 0.3) is 0 Å². The highest BCUT2D eigenvalue weighted by molar-refractivity contribution is 7.94. The number of hydrogen-bond donors (Lipinski definition) is 1. The van der Waals surface area contributed by atoms with E-state index >= 15 is 0 Å². The molecule has 2 aromatic carbocycles. The molecule has 1 amide bonds. The second-order valence-corrected chi connectivity index (χ2v) is 8.73. The summed E-state index contributed by atoms with van der Waals surface area (Å²) in [4.78, 5) is 16.3. The van der Waals surface area contributed by atoms with Gasteiger partial charge in [-0.3, -0.25) is 4.79 Å². The van der Waals surface area contributed by atoms with Crippen LogP contribution in [0.1, 0.15) is 17.9 Å². The van der Waals surface area contributed by atoms with Crippen LogP contribution in [0.3, 0.4) is 0 Å². The van der Waals surface area contributed by atoms with Gasteiger partial charge in [-0.25, -0.2) is 8.42 Å². The first kappa shape index (κ1) is 17.7. The average Bonchev–Trinajstić information content (AvgIpc) is 3.33.